The molecular formula is C34H40ClNO4. The molecule has 1 unspecified atom stereocenters. The molecule has 6 heteroatoms. The van der Waals surface area contributed by atoms with E-state index in [2.05, 4.69) is 59.5 Å². The van der Waals surface area contributed by atoms with Crippen LogP contribution in [-0.4, -0.2) is 43.7 Å². The SMILES string of the molecule is CC(C)(C)C(=O)Oc1ccc2c(c1)OCC(c1ccccc1)/C2=C\c1ccc(OCCN2CCCCC2)cc1.Cl. The third-order valence-corrected chi connectivity index (χ3v) is 7.40. The van der Waals surface area contributed by atoms with E-state index in [-0.39, 0.29) is 24.3 Å². The minimum Gasteiger partial charge on any atom is -0.492 e. The van der Waals surface area contributed by atoms with Gasteiger partial charge in [0.15, 0.2) is 0 Å². The minimum absolute atomic E-state index is 0. The summed E-state index contributed by atoms with van der Waals surface area (Å²) >= 11 is 0. The fraction of sp³-hybridized carbons (Fsp3) is 0.382. The Balaban J connectivity index is 0.00000370. The number of carbonyl (C=O) groups excluding carboxylic acids is 1. The van der Waals surface area contributed by atoms with Gasteiger partial charge in [0.1, 0.15) is 23.9 Å². The van der Waals surface area contributed by atoms with E-state index in [0.29, 0.717) is 19.0 Å². The highest BCUT2D eigenvalue weighted by atomic mass is 35.5. The molecule has 3 aromatic carbocycles. The zero-order valence-corrected chi connectivity index (χ0v) is 24.5. The van der Waals surface area contributed by atoms with Gasteiger partial charge in [-0.2, -0.15) is 0 Å². The second-order valence-electron chi connectivity index (χ2n) is 11.5. The second kappa shape index (κ2) is 13.4. The lowest BCUT2D eigenvalue weighted by molar-refractivity contribution is -0.143. The predicted molar refractivity (Wildman–Crippen MR) is 164 cm³/mol. The molecular weight excluding hydrogens is 522 g/mol. The van der Waals surface area contributed by atoms with E-state index < -0.39 is 5.41 Å². The maximum absolute atomic E-state index is 12.4. The molecule has 2 heterocycles. The largest absolute Gasteiger partial charge is 0.492 e. The van der Waals surface area contributed by atoms with Gasteiger partial charge in [0.2, 0.25) is 0 Å². The van der Waals surface area contributed by atoms with E-state index in [1.54, 1.807) is 0 Å². The van der Waals surface area contributed by atoms with E-state index in [1.807, 2.05) is 45.0 Å². The third kappa shape index (κ3) is 7.47. The molecule has 5 rings (SSSR count). The summed E-state index contributed by atoms with van der Waals surface area (Å²) in [5.41, 5.74) is 3.91. The number of hydrogen-bond acceptors (Lipinski definition) is 5. The summed E-state index contributed by atoms with van der Waals surface area (Å²) in [6, 6.07) is 24.5. The number of likely N-dealkylation sites (tertiary alicyclic amines) is 1. The Hall–Kier alpha value is -3.28. The summed E-state index contributed by atoms with van der Waals surface area (Å²) in [6.07, 6.45) is 6.18. The minimum atomic E-state index is -0.580. The average molecular weight is 562 g/mol. The normalized spacial score (nSPS) is 18.3. The lowest BCUT2D eigenvalue weighted by atomic mass is 9.84. The van der Waals surface area contributed by atoms with Crippen LogP contribution in [0.25, 0.3) is 11.6 Å². The average Bonchev–Trinajstić information content (AvgIpc) is 2.94. The van der Waals surface area contributed by atoms with Crippen LogP contribution in [0.1, 0.15) is 62.6 Å². The first-order chi connectivity index (χ1) is 18.9. The predicted octanol–water partition coefficient (Wildman–Crippen LogP) is 7.64. The Labute approximate surface area is 244 Å². The Bertz CT molecular complexity index is 1290. The highest BCUT2D eigenvalue weighted by Gasteiger charge is 2.28. The number of benzene rings is 3. The highest BCUT2D eigenvalue weighted by molar-refractivity contribution is 5.89. The van der Waals surface area contributed by atoms with Crippen LogP contribution in [0.5, 0.6) is 17.2 Å². The molecule has 1 atom stereocenters. The first-order valence-electron chi connectivity index (χ1n) is 14.1. The van der Waals surface area contributed by atoms with Crippen LogP contribution in [0.4, 0.5) is 0 Å². The van der Waals surface area contributed by atoms with Crippen LogP contribution in [-0.2, 0) is 4.79 Å². The van der Waals surface area contributed by atoms with E-state index in [4.69, 9.17) is 14.2 Å². The highest BCUT2D eigenvalue weighted by Crippen LogP contribution is 2.44. The molecule has 0 saturated carbocycles. The molecule has 0 radical (unpaired) electrons. The molecule has 212 valence electrons. The molecule has 5 nitrogen and oxygen atoms in total. The lowest BCUT2D eigenvalue weighted by Gasteiger charge is -2.29. The number of ether oxygens (including phenoxy) is 3. The van der Waals surface area contributed by atoms with E-state index in [0.717, 1.165) is 29.2 Å². The summed E-state index contributed by atoms with van der Waals surface area (Å²) in [6.45, 7) is 10.1. The van der Waals surface area contributed by atoms with Crippen molar-refractivity contribution in [2.75, 3.05) is 32.8 Å². The molecule has 3 aromatic rings. The molecule has 0 N–H and O–H groups in total. The molecule has 1 fully saturated rings. The first kappa shape index (κ1) is 29.7. The van der Waals surface area contributed by atoms with Crippen LogP contribution >= 0.6 is 12.4 Å². The van der Waals surface area contributed by atoms with Gasteiger partial charge in [-0.3, -0.25) is 9.69 Å². The van der Waals surface area contributed by atoms with Gasteiger partial charge in [0, 0.05) is 24.1 Å². The number of rotatable bonds is 7. The maximum atomic E-state index is 12.4. The Morgan fingerprint density at radius 2 is 1.65 bits per heavy atom. The van der Waals surface area contributed by atoms with Crippen LogP contribution in [0.2, 0.25) is 0 Å². The molecule has 40 heavy (non-hydrogen) atoms. The molecule has 0 spiro atoms. The molecule has 0 aliphatic carbocycles. The summed E-state index contributed by atoms with van der Waals surface area (Å²) in [4.78, 5) is 14.9. The van der Waals surface area contributed by atoms with E-state index in [9.17, 15) is 4.79 Å². The van der Waals surface area contributed by atoms with Crippen molar-refractivity contribution in [2.45, 2.75) is 46.0 Å². The second-order valence-corrected chi connectivity index (χ2v) is 11.5. The molecule has 2 aliphatic rings. The van der Waals surface area contributed by atoms with Crippen molar-refractivity contribution >= 4 is 30.0 Å². The number of halogens is 1. The van der Waals surface area contributed by atoms with Crippen LogP contribution in [0, 0.1) is 5.41 Å². The Kier molecular flexibility index (Phi) is 9.94. The zero-order chi connectivity index (χ0) is 27.2. The molecule has 0 bridgehead atoms. The van der Waals surface area contributed by atoms with Crippen molar-refractivity contribution < 1.29 is 19.0 Å². The van der Waals surface area contributed by atoms with Crippen molar-refractivity contribution in [3.05, 3.63) is 89.5 Å². The van der Waals surface area contributed by atoms with Gasteiger partial charge < -0.3 is 14.2 Å². The van der Waals surface area contributed by atoms with Gasteiger partial charge in [-0.05, 0) is 87.7 Å². The summed E-state index contributed by atoms with van der Waals surface area (Å²) < 4.78 is 17.9. The van der Waals surface area contributed by atoms with Crippen LogP contribution < -0.4 is 14.2 Å². The number of piperidine rings is 1. The lowest BCUT2D eigenvalue weighted by Crippen LogP contribution is -2.33. The fourth-order valence-corrected chi connectivity index (χ4v) is 5.09. The van der Waals surface area contributed by atoms with Crippen molar-refractivity contribution in [1.29, 1.82) is 0 Å². The zero-order valence-electron chi connectivity index (χ0n) is 23.7. The van der Waals surface area contributed by atoms with Crippen LogP contribution in [0.15, 0.2) is 72.8 Å². The third-order valence-electron chi connectivity index (χ3n) is 7.40. The van der Waals surface area contributed by atoms with Gasteiger partial charge in [0.05, 0.1) is 12.0 Å². The molecule has 0 amide bonds. The van der Waals surface area contributed by atoms with Gasteiger partial charge >= 0.3 is 5.97 Å². The molecule has 1 saturated heterocycles. The van der Waals surface area contributed by atoms with Crippen molar-refractivity contribution in [3.63, 3.8) is 0 Å². The monoisotopic (exact) mass is 561 g/mol. The van der Waals surface area contributed by atoms with Gasteiger partial charge in [-0.1, -0.05) is 55.0 Å². The fourth-order valence-electron chi connectivity index (χ4n) is 5.09. The standard InChI is InChI=1S/C34H39NO4.ClH/c1-34(2,3)33(36)39-28-16-17-29-30(31(24-38-32(29)23-28)26-10-6-4-7-11-26)22-25-12-14-27(15-13-25)37-21-20-35-18-8-5-9-19-35;/h4,6-7,10-17,22-23,31H,5,8-9,18-21,24H2,1-3H3;1H/b30-22-;. The van der Waals surface area contributed by atoms with Crippen molar-refractivity contribution in [2.24, 2.45) is 5.41 Å². The maximum Gasteiger partial charge on any atom is 0.316 e. The first-order valence-corrected chi connectivity index (χ1v) is 14.1. The van der Waals surface area contributed by atoms with Gasteiger partial charge in [-0.25, -0.2) is 0 Å². The Morgan fingerprint density at radius 3 is 2.35 bits per heavy atom. The van der Waals surface area contributed by atoms with Gasteiger partial charge in [0.25, 0.3) is 0 Å². The Morgan fingerprint density at radius 1 is 0.950 bits per heavy atom. The number of nitrogens with zero attached hydrogens (tertiary/aromatic N) is 1. The number of hydrogen-bond donors (Lipinski definition) is 0. The number of carbonyl (C=O) groups is 1. The van der Waals surface area contributed by atoms with Gasteiger partial charge in [-0.15, -0.1) is 12.4 Å². The van der Waals surface area contributed by atoms with Crippen LogP contribution in [0.3, 0.4) is 0 Å². The number of esters is 1. The summed E-state index contributed by atoms with van der Waals surface area (Å²) in [7, 11) is 0. The number of fused-ring (bicyclic) bond motifs is 1. The van der Waals surface area contributed by atoms with Crippen molar-refractivity contribution in [1.82, 2.24) is 4.90 Å². The topological polar surface area (TPSA) is 48.0 Å². The molecule has 0 aromatic heterocycles. The molecule has 2 aliphatic heterocycles. The van der Waals surface area contributed by atoms with E-state index >= 15 is 0 Å². The quantitative estimate of drug-likeness (QED) is 0.219. The summed E-state index contributed by atoms with van der Waals surface area (Å²) in [5.74, 6) is 1.94. The van der Waals surface area contributed by atoms with E-state index in [1.165, 1.54) is 43.5 Å². The summed E-state index contributed by atoms with van der Waals surface area (Å²) in [5, 5.41) is 0. The smallest absolute Gasteiger partial charge is 0.316 e. The van der Waals surface area contributed by atoms with Crippen molar-refractivity contribution in [3.8, 4) is 17.2 Å².